The fourth-order valence-corrected chi connectivity index (χ4v) is 5.28. The lowest BCUT2D eigenvalue weighted by atomic mass is 9.92. The van der Waals surface area contributed by atoms with E-state index in [1.165, 1.54) is 16.0 Å². The van der Waals surface area contributed by atoms with E-state index >= 15 is 0 Å². The predicted octanol–water partition coefficient (Wildman–Crippen LogP) is 3.47. The molecule has 3 aromatic rings. The van der Waals surface area contributed by atoms with Crippen molar-refractivity contribution in [2.24, 2.45) is 11.8 Å². The molecule has 1 saturated heterocycles. The lowest BCUT2D eigenvalue weighted by Crippen LogP contribution is -2.48. The smallest absolute Gasteiger partial charge is 0.422 e. The molecule has 4 heterocycles. The zero-order valence-corrected chi connectivity index (χ0v) is 17.9. The van der Waals surface area contributed by atoms with Gasteiger partial charge < -0.3 is 15.0 Å². The molecule has 2 bridgehead atoms. The Morgan fingerprint density at radius 1 is 1.19 bits per heavy atom. The summed E-state index contributed by atoms with van der Waals surface area (Å²) in [5.41, 5.74) is 1.01. The molecule has 166 valence electrons. The molecule has 1 aliphatic heterocycles. The maximum atomic E-state index is 12.6. The third kappa shape index (κ3) is 4.12. The average molecular weight is 453 g/mol. The van der Waals surface area contributed by atoms with Crippen LogP contribution in [0.1, 0.15) is 24.2 Å². The van der Waals surface area contributed by atoms with Gasteiger partial charge in [0.05, 0.1) is 0 Å². The molecule has 0 amide bonds. The summed E-state index contributed by atoms with van der Waals surface area (Å²) in [5.74, 6) is 2.10. The molecule has 0 spiro atoms. The number of aromatic nitrogens is 5. The summed E-state index contributed by atoms with van der Waals surface area (Å²) in [7, 11) is 0. The molecular formula is C19H22F3N7OS. The summed E-state index contributed by atoms with van der Waals surface area (Å²) < 4.78 is 48.6. The first-order chi connectivity index (χ1) is 14.7. The number of nitrogens with one attached hydrogen (secondary N) is 1. The van der Waals surface area contributed by atoms with E-state index in [2.05, 4.69) is 29.7 Å². The zero-order valence-electron chi connectivity index (χ0n) is 17.1. The third-order valence-corrected chi connectivity index (χ3v) is 6.71. The van der Waals surface area contributed by atoms with Crippen LogP contribution >= 0.6 is 11.5 Å². The number of aryl methyl sites for hydroxylation is 2. The molecule has 1 aliphatic carbocycles. The van der Waals surface area contributed by atoms with Crippen molar-refractivity contribution in [3.8, 4) is 5.75 Å². The Hall–Kier alpha value is -2.63. The summed E-state index contributed by atoms with van der Waals surface area (Å²) in [6, 6.07) is 1.76. The van der Waals surface area contributed by atoms with Crippen LogP contribution in [-0.2, 0) is 0 Å². The van der Waals surface area contributed by atoms with Crippen LogP contribution in [0.2, 0.25) is 0 Å². The Labute approximate surface area is 180 Å². The number of rotatable bonds is 5. The van der Waals surface area contributed by atoms with Gasteiger partial charge in [0.2, 0.25) is 11.1 Å². The van der Waals surface area contributed by atoms with Crippen LogP contribution in [0, 0.1) is 25.7 Å². The molecule has 0 radical (unpaired) electrons. The quantitative estimate of drug-likeness (QED) is 0.634. The number of halogens is 3. The maximum absolute atomic E-state index is 12.6. The van der Waals surface area contributed by atoms with Gasteiger partial charge >= 0.3 is 6.18 Å². The van der Waals surface area contributed by atoms with Gasteiger partial charge in [0, 0.05) is 36.9 Å². The van der Waals surface area contributed by atoms with E-state index in [-0.39, 0.29) is 17.4 Å². The molecule has 2 aliphatic rings. The monoisotopic (exact) mass is 453 g/mol. The van der Waals surface area contributed by atoms with Crippen LogP contribution in [0.3, 0.4) is 0 Å². The van der Waals surface area contributed by atoms with Crippen molar-refractivity contribution in [3.05, 3.63) is 23.7 Å². The lowest BCUT2D eigenvalue weighted by molar-refractivity contribution is -0.153. The van der Waals surface area contributed by atoms with Gasteiger partial charge in [-0.25, -0.2) is 9.50 Å². The van der Waals surface area contributed by atoms with Crippen LogP contribution in [0.25, 0.3) is 5.65 Å². The molecule has 3 aromatic heterocycles. The van der Waals surface area contributed by atoms with E-state index < -0.39 is 12.8 Å². The van der Waals surface area contributed by atoms with Crippen molar-refractivity contribution in [1.82, 2.24) is 24.0 Å². The van der Waals surface area contributed by atoms with Gasteiger partial charge in [-0.15, -0.1) is 5.10 Å². The van der Waals surface area contributed by atoms with Gasteiger partial charge in [0.15, 0.2) is 18.0 Å². The minimum absolute atomic E-state index is 0.0716. The number of anilines is 2. The van der Waals surface area contributed by atoms with Gasteiger partial charge in [-0.1, -0.05) is 0 Å². The van der Waals surface area contributed by atoms with Crippen LogP contribution < -0.4 is 15.0 Å². The predicted molar refractivity (Wildman–Crippen MR) is 110 cm³/mol. The molecule has 2 fully saturated rings. The summed E-state index contributed by atoms with van der Waals surface area (Å²) in [4.78, 5) is 11.3. The Morgan fingerprint density at radius 2 is 1.94 bits per heavy atom. The highest BCUT2D eigenvalue weighted by atomic mass is 32.1. The van der Waals surface area contributed by atoms with E-state index in [1.807, 2.05) is 6.92 Å². The maximum Gasteiger partial charge on any atom is 0.422 e. The standard InChI is InChI=1S/C19H22F3N7OS/c1-10-5-14(30-9-19(20,21)22)16-25-17(26-29(16)6-10)24-15-12-3-4-13(15)8-28(7-12)18-23-11(2)27-31-18/h5-6,12-13,15H,3-4,7-9H2,1-2H3,(H,24,26)/t12-,13+,15-. The molecular weight excluding hydrogens is 431 g/mol. The first-order valence-corrected chi connectivity index (χ1v) is 10.9. The highest BCUT2D eigenvalue weighted by Gasteiger charge is 2.43. The molecule has 0 unspecified atom stereocenters. The zero-order chi connectivity index (χ0) is 21.8. The van der Waals surface area contributed by atoms with Gasteiger partial charge in [0.1, 0.15) is 5.82 Å². The van der Waals surface area contributed by atoms with Crippen LogP contribution in [0.15, 0.2) is 12.3 Å². The number of fused-ring (bicyclic) bond motifs is 3. The van der Waals surface area contributed by atoms with Crippen LogP contribution in [-0.4, -0.2) is 55.9 Å². The fraction of sp³-hybridized carbons (Fsp3) is 0.579. The normalized spacial score (nSPS) is 23.5. The third-order valence-electron chi connectivity index (χ3n) is 5.84. The molecule has 3 atom stereocenters. The first-order valence-electron chi connectivity index (χ1n) is 10.1. The topological polar surface area (TPSA) is 80.5 Å². The van der Waals surface area contributed by atoms with E-state index in [0.29, 0.717) is 17.8 Å². The van der Waals surface area contributed by atoms with Gasteiger partial charge in [-0.2, -0.15) is 22.5 Å². The number of piperidine rings is 1. The molecule has 31 heavy (non-hydrogen) atoms. The van der Waals surface area contributed by atoms with E-state index in [0.717, 1.165) is 42.5 Å². The summed E-state index contributed by atoms with van der Waals surface area (Å²) in [5, 5.41) is 8.86. The Morgan fingerprint density at radius 3 is 2.58 bits per heavy atom. The van der Waals surface area contributed by atoms with Gasteiger partial charge in [-0.3, -0.25) is 0 Å². The summed E-state index contributed by atoms with van der Waals surface area (Å²) in [6.07, 6.45) is -0.491. The average Bonchev–Trinajstić information content (AvgIpc) is 3.35. The summed E-state index contributed by atoms with van der Waals surface area (Å²) in [6.45, 7) is 4.08. The van der Waals surface area contributed by atoms with Gasteiger partial charge in [-0.05, 0) is 50.2 Å². The van der Waals surface area contributed by atoms with Crippen molar-refractivity contribution < 1.29 is 17.9 Å². The Bertz CT molecular complexity index is 1080. The minimum Gasteiger partial charge on any atom is -0.480 e. The Kier molecular flexibility index (Phi) is 4.91. The molecule has 1 N–H and O–H groups in total. The first kappa shape index (κ1) is 20.3. The van der Waals surface area contributed by atoms with Crippen molar-refractivity contribution in [1.29, 1.82) is 0 Å². The number of pyridine rings is 1. The number of hydrogen-bond acceptors (Lipinski definition) is 8. The molecule has 0 aromatic carbocycles. The van der Waals surface area contributed by atoms with Gasteiger partial charge in [0.25, 0.3) is 0 Å². The highest BCUT2D eigenvalue weighted by Crippen LogP contribution is 2.40. The van der Waals surface area contributed by atoms with Crippen molar-refractivity contribution >= 4 is 28.3 Å². The fourth-order valence-electron chi connectivity index (χ4n) is 4.59. The van der Waals surface area contributed by atoms with Crippen molar-refractivity contribution in [2.75, 3.05) is 29.9 Å². The second-order valence-electron chi connectivity index (χ2n) is 8.29. The minimum atomic E-state index is -4.42. The molecule has 5 rings (SSSR count). The summed E-state index contributed by atoms with van der Waals surface area (Å²) >= 11 is 1.43. The van der Waals surface area contributed by atoms with E-state index in [9.17, 15) is 13.2 Å². The number of ether oxygens (including phenoxy) is 1. The molecule has 8 nitrogen and oxygen atoms in total. The number of alkyl halides is 3. The Balaban J connectivity index is 1.34. The van der Waals surface area contributed by atoms with E-state index in [1.54, 1.807) is 19.2 Å². The second kappa shape index (κ2) is 7.50. The van der Waals surface area contributed by atoms with Crippen LogP contribution in [0.4, 0.5) is 24.3 Å². The second-order valence-corrected chi connectivity index (χ2v) is 9.02. The lowest BCUT2D eigenvalue weighted by Gasteiger charge is -2.37. The number of nitrogens with zero attached hydrogens (tertiary/aromatic N) is 6. The van der Waals surface area contributed by atoms with E-state index in [4.69, 9.17) is 4.74 Å². The highest BCUT2D eigenvalue weighted by molar-refractivity contribution is 7.09. The van der Waals surface area contributed by atoms with Crippen LogP contribution in [0.5, 0.6) is 5.75 Å². The number of hydrogen-bond donors (Lipinski definition) is 1. The largest absolute Gasteiger partial charge is 0.480 e. The molecule has 1 saturated carbocycles. The van der Waals surface area contributed by atoms with Crippen molar-refractivity contribution in [3.63, 3.8) is 0 Å². The van der Waals surface area contributed by atoms with Crippen molar-refractivity contribution in [2.45, 2.75) is 38.9 Å². The molecule has 12 heteroatoms. The SMILES string of the molecule is Cc1cc(OCC(F)(F)F)c2nc(N[C@@H]3[C@@H]4CC[C@H]3CN(c3nc(C)ns3)C4)nn2c1.